The van der Waals surface area contributed by atoms with Gasteiger partial charge in [0.15, 0.2) is 0 Å². The number of halogens is 1. The van der Waals surface area contributed by atoms with Crippen LogP contribution < -0.4 is 10.6 Å². The van der Waals surface area contributed by atoms with Gasteiger partial charge in [-0.3, -0.25) is 9.69 Å². The van der Waals surface area contributed by atoms with Crippen molar-refractivity contribution in [2.24, 2.45) is 11.8 Å². The van der Waals surface area contributed by atoms with Gasteiger partial charge >= 0.3 is 0 Å². The van der Waals surface area contributed by atoms with Gasteiger partial charge in [0.25, 0.3) is 0 Å². The van der Waals surface area contributed by atoms with Crippen molar-refractivity contribution in [3.63, 3.8) is 0 Å². The molecule has 148 valence electrons. The summed E-state index contributed by atoms with van der Waals surface area (Å²) in [4.78, 5) is 15.4. The molecule has 7 unspecified atom stereocenters. The van der Waals surface area contributed by atoms with Crippen LogP contribution in [0.3, 0.4) is 0 Å². The Bertz CT molecular complexity index is 481. The van der Waals surface area contributed by atoms with Crippen LogP contribution in [-0.2, 0) is 9.53 Å². The fraction of sp³-hybridized carbons (Fsp3) is 0.950. The molecule has 0 bridgehead atoms. The molecule has 6 heteroatoms. The van der Waals surface area contributed by atoms with Gasteiger partial charge in [0.05, 0.1) is 19.3 Å². The van der Waals surface area contributed by atoms with E-state index in [9.17, 15) is 9.18 Å². The molecule has 2 saturated carbocycles. The van der Waals surface area contributed by atoms with Crippen LogP contribution >= 0.6 is 0 Å². The molecule has 0 aromatic carbocycles. The third kappa shape index (κ3) is 3.92. The van der Waals surface area contributed by atoms with Gasteiger partial charge in [-0.2, -0.15) is 0 Å². The van der Waals surface area contributed by atoms with Crippen LogP contribution in [0.15, 0.2) is 0 Å². The summed E-state index contributed by atoms with van der Waals surface area (Å²) in [5.74, 6) is 0.568. The molecule has 2 saturated heterocycles. The van der Waals surface area contributed by atoms with E-state index in [0.29, 0.717) is 24.8 Å². The zero-order valence-corrected chi connectivity index (χ0v) is 16.0. The second kappa shape index (κ2) is 8.11. The summed E-state index contributed by atoms with van der Waals surface area (Å²) in [6.45, 7) is 5.85. The van der Waals surface area contributed by atoms with E-state index in [-0.39, 0.29) is 30.0 Å². The number of rotatable bonds is 3. The third-order valence-electron chi connectivity index (χ3n) is 7.21. The van der Waals surface area contributed by atoms with Crippen LogP contribution in [-0.4, -0.2) is 67.4 Å². The highest BCUT2D eigenvalue weighted by Gasteiger charge is 2.46. The molecule has 2 aliphatic heterocycles. The smallest absolute Gasteiger partial charge is 0.237 e. The molecule has 4 aliphatic rings. The Kier molecular flexibility index (Phi) is 5.81. The number of carbonyl (C=O) groups is 1. The Morgan fingerprint density at radius 3 is 2.73 bits per heavy atom. The van der Waals surface area contributed by atoms with Gasteiger partial charge in [0.2, 0.25) is 5.91 Å². The molecule has 5 nitrogen and oxygen atoms in total. The largest absolute Gasteiger partial charge is 0.379 e. The van der Waals surface area contributed by atoms with Gasteiger partial charge in [-0.1, -0.05) is 6.92 Å². The van der Waals surface area contributed by atoms with E-state index >= 15 is 0 Å². The number of nitrogens with one attached hydrogen (secondary N) is 2. The summed E-state index contributed by atoms with van der Waals surface area (Å²) < 4.78 is 19.7. The minimum Gasteiger partial charge on any atom is -0.379 e. The van der Waals surface area contributed by atoms with Crippen LogP contribution in [0, 0.1) is 11.8 Å². The third-order valence-corrected chi connectivity index (χ3v) is 7.21. The molecule has 0 spiro atoms. The lowest BCUT2D eigenvalue weighted by Crippen LogP contribution is -2.52. The van der Waals surface area contributed by atoms with Gasteiger partial charge in [0, 0.05) is 37.1 Å². The van der Waals surface area contributed by atoms with Gasteiger partial charge in [-0.05, 0) is 50.9 Å². The summed E-state index contributed by atoms with van der Waals surface area (Å²) in [5, 5.41) is 6.75. The number of carbonyl (C=O) groups excluding carboxylic acids is 1. The van der Waals surface area contributed by atoms with E-state index in [4.69, 9.17) is 4.74 Å². The zero-order valence-electron chi connectivity index (χ0n) is 16.0. The quantitative estimate of drug-likeness (QED) is 0.800. The number of fused-ring (bicyclic) bond motifs is 1. The number of nitrogens with zero attached hydrogens (tertiary/aromatic N) is 1. The first-order valence-electron chi connectivity index (χ1n) is 10.6. The number of hydrogen-bond donors (Lipinski definition) is 2. The second-order valence-electron chi connectivity index (χ2n) is 8.89. The molecule has 4 fully saturated rings. The fourth-order valence-corrected chi connectivity index (χ4v) is 5.67. The summed E-state index contributed by atoms with van der Waals surface area (Å²) in [6.07, 6.45) is 5.97. The number of morpholine rings is 1. The predicted octanol–water partition coefficient (Wildman–Crippen LogP) is 1.86. The van der Waals surface area contributed by atoms with Gasteiger partial charge < -0.3 is 15.4 Å². The Balaban J connectivity index is 1.30. The van der Waals surface area contributed by atoms with Crippen molar-refractivity contribution in [1.29, 1.82) is 0 Å². The van der Waals surface area contributed by atoms with E-state index in [1.165, 1.54) is 12.8 Å². The highest BCUT2D eigenvalue weighted by Crippen LogP contribution is 2.38. The predicted molar refractivity (Wildman–Crippen MR) is 98.7 cm³/mol. The average Bonchev–Trinajstić information content (AvgIpc) is 3.13. The molecule has 2 N–H and O–H groups in total. The summed E-state index contributed by atoms with van der Waals surface area (Å²) in [7, 11) is 0. The first-order chi connectivity index (χ1) is 12.6. The summed E-state index contributed by atoms with van der Waals surface area (Å²) >= 11 is 0. The number of ether oxygens (including phenoxy) is 1. The maximum atomic E-state index is 14.3. The van der Waals surface area contributed by atoms with E-state index < -0.39 is 6.17 Å². The van der Waals surface area contributed by atoms with Crippen molar-refractivity contribution in [3.05, 3.63) is 0 Å². The molecule has 2 heterocycles. The first-order valence-corrected chi connectivity index (χ1v) is 10.6. The molecular weight excluding hydrogens is 333 g/mol. The molecular formula is C20H34FN3O2. The fourth-order valence-electron chi connectivity index (χ4n) is 5.67. The van der Waals surface area contributed by atoms with E-state index in [0.717, 1.165) is 45.6 Å². The standard InChI is InChI=1S/C20H34FN3O2/c1-13-5-6-17(21)16-12-18(23-19(13)16)20(25)22-14-3-2-4-15(11-14)24-7-9-26-10-8-24/h13-19,23H,2-12H2,1H3,(H,22,25). The molecule has 0 aromatic heterocycles. The van der Waals surface area contributed by atoms with Gasteiger partial charge in [-0.25, -0.2) is 4.39 Å². The molecule has 4 rings (SSSR count). The molecule has 0 aromatic rings. The van der Waals surface area contributed by atoms with Crippen molar-refractivity contribution < 1.29 is 13.9 Å². The number of alkyl halides is 1. The van der Waals surface area contributed by atoms with Crippen molar-refractivity contribution in [2.45, 2.75) is 82.2 Å². The first kappa shape index (κ1) is 18.6. The highest BCUT2D eigenvalue weighted by atomic mass is 19.1. The Hall–Kier alpha value is -0.720. The highest BCUT2D eigenvalue weighted by molar-refractivity contribution is 5.82. The van der Waals surface area contributed by atoms with Crippen molar-refractivity contribution in [1.82, 2.24) is 15.5 Å². The SMILES string of the molecule is CC1CCC(F)C2CC(C(=O)NC3CCCC(N4CCOCC4)C3)NC12. The maximum absolute atomic E-state index is 14.3. The monoisotopic (exact) mass is 367 g/mol. The average molecular weight is 368 g/mol. The molecule has 26 heavy (non-hydrogen) atoms. The van der Waals surface area contributed by atoms with E-state index in [1.807, 2.05) is 0 Å². The van der Waals surface area contributed by atoms with Crippen LogP contribution in [0.25, 0.3) is 0 Å². The Labute approximate surface area is 156 Å². The van der Waals surface area contributed by atoms with Crippen molar-refractivity contribution in [2.75, 3.05) is 26.3 Å². The van der Waals surface area contributed by atoms with Crippen LogP contribution in [0.1, 0.15) is 51.9 Å². The zero-order chi connectivity index (χ0) is 18.1. The topological polar surface area (TPSA) is 53.6 Å². The Morgan fingerprint density at radius 2 is 1.96 bits per heavy atom. The summed E-state index contributed by atoms with van der Waals surface area (Å²) in [5.41, 5.74) is 0. The number of hydrogen-bond acceptors (Lipinski definition) is 4. The van der Waals surface area contributed by atoms with Crippen molar-refractivity contribution >= 4 is 5.91 Å². The summed E-state index contributed by atoms with van der Waals surface area (Å²) in [6, 6.07) is 0.772. The second-order valence-corrected chi connectivity index (χ2v) is 8.89. The molecule has 7 atom stereocenters. The lowest BCUT2D eigenvalue weighted by atomic mass is 9.77. The van der Waals surface area contributed by atoms with Gasteiger partial charge in [0.1, 0.15) is 6.17 Å². The van der Waals surface area contributed by atoms with Gasteiger partial charge in [-0.15, -0.1) is 0 Å². The minimum atomic E-state index is -0.748. The number of amides is 1. The van der Waals surface area contributed by atoms with Crippen LogP contribution in [0.5, 0.6) is 0 Å². The van der Waals surface area contributed by atoms with E-state index in [1.54, 1.807) is 0 Å². The molecule has 0 radical (unpaired) electrons. The minimum absolute atomic E-state index is 0.0157. The lowest BCUT2D eigenvalue weighted by Gasteiger charge is -2.39. The maximum Gasteiger partial charge on any atom is 0.237 e. The molecule has 1 amide bonds. The normalized spacial score (nSPS) is 44.5. The van der Waals surface area contributed by atoms with E-state index in [2.05, 4.69) is 22.5 Å². The van der Waals surface area contributed by atoms with Crippen LogP contribution in [0.2, 0.25) is 0 Å². The van der Waals surface area contributed by atoms with Crippen LogP contribution in [0.4, 0.5) is 4.39 Å². The van der Waals surface area contributed by atoms with Crippen molar-refractivity contribution in [3.8, 4) is 0 Å². The molecule has 2 aliphatic carbocycles. The Morgan fingerprint density at radius 1 is 1.15 bits per heavy atom. The lowest BCUT2D eigenvalue weighted by molar-refractivity contribution is -0.124.